The molecule has 1 rings (SSSR count). The van der Waals surface area contributed by atoms with E-state index in [1.165, 1.54) is 0 Å². The minimum absolute atomic E-state index is 0.313. The predicted octanol–water partition coefficient (Wildman–Crippen LogP) is 0.833. The topological polar surface area (TPSA) is 38.5 Å². The summed E-state index contributed by atoms with van der Waals surface area (Å²) in [6.07, 6.45) is 1.40. The number of rotatable bonds is 3. The lowest BCUT2D eigenvalue weighted by Crippen LogP contribution is -2.52. The first-order valence-corrected chi connectivity index (χ1v) is 5.26. The van der Waals surface area contributed by atoms with Crippen LogP contribution < -0.4 is 5.73 Å². The van der Waals surface area contributed by atoms with Gasteiger partial charge in [0.1, 0.15) is 0 Å². The Hall–Kier alpha value is -0.120. The van der Waals surface area contributed by atoms with Gasteiger partial charge in [-0.05, 0) is 20.3 Å². The summed E-state index contributed by atoms with van der Waals surface area (Å²) in [5, 5.41) is 0. The third-order valence-corrected chi connectivity index (χ3v) is 3.01. The van der Waals surface area contributed by atoms with Gasteiger partial charge in [-0.3, -0.25) is 4.90 Å². The second kappa shape index (κ2) is 4.94. The van der Waals surface area contributed by atoms with Crippen LogP contribution in [-0.2, 0) is 4.74 Å². The largest absolute Gasteiger partial charge is 0.376 e. The van der Waals surface area contributed by atoms with Gasteiger partial charge in [-0.25, -0.2) is 0 Å². The van der Waals surface area contributed by atoms with Gasteiger partial charge >= 0.3 is 0 Å². The first-order chi connectivity index (χ1) is 6.15. The summed E-state index contributed by atoms with van der Waals surface area (Å²) in [6.45, 7) is 9.37. The molecule has 0 bridgehead atoms. The Kier molecular flexibility index (Phi) is 4.16. The van der Waals surface area contributed by atoms with Crippen molar-refractivity contribution in [3.05, 3.63) is 0 Å². The molecule has 0 radical (unpaired) electrons. The standard InChI is InChI=1S/C10H22N2O/c1-4-10(11)7-12-5-6-13-9(3)8(12)2/h8-10H,4-7,11H2,1-3H3/t8?,9?,10-/m0/s1. The highest BCUT2D eigenvalue weighted by Gasteiger charge is 2.25. The summed E-state index contributed by atoms with van der Waals surface area (Å²) in [7, 11) is 0. The van der Waals surface area contributed by atoms with Crippen LogP contribution in [0.15, 0.2) is 0 Å². The van der Waals surface area contributed by atoms with Crippen molar-refractivity contribution in [2.45, 2.75) is 45.4 Å². The van der Waals surface area contributed by atoms with Gasteiger partial charge in [-0.1, -0.05) is 6.92 Å². The van der Waals surface area contributed by atoms with E-state index in [9.17, 15) is 0 Å². The van der Waals surface area contributed by atoms with Crippen LogP contribution in [0.1, 0.15) is 27.2 Å². The van der Waals surface area contributed by atoms with Crippen LogP contribution in [0.2, 0.25) is 0 Å². The Morgan fingerprint density at radius 3 is 2.85 bits per heavy atom. The molecule has 0 aromatic rings. The maximum Gasteiger partial charge on any atom is 0.0700 e. The van der Waals surface area contributed by atoms with Crippen molar-refractivity contribution in [3.8, 4) is 0 Å². The van der Waals surface area contributed by atoms with E-state index in [0.29, 0.717) is 18.2 Å². The number of nitrogens with two attached hydrogens (primary N) is 1. The molecule has 13 heavy (non-hydrogen) atoms. The van der Waals surface area contributed by atoms with Crippen LogP contribution in [0.4, 0.5) is 0 Å². The molecule has 3 atom stereocenters. The predicted molar refractivity (Wildman–Crippen MR) is 54.7 cm³/mol. The molecule has 1 fully saturated rings. The van der Waals surface area contributed by atoms with E-state index >= 15 is 0 Å². The Labute approximate surface area is 81.2 Å². The van der Waals surface area contributed by atoms with E-state index in [-0.39, 0.29) is 0 Å². The minimum Gasteiger partial charge on any atom is -0.376 e. The maximum atomic E-state index is 5.93. The van der Waals surface area contributed by atoms with Crippen LogP contribution in [0.25, 0.3) is 0 Å². The molecule has 1 heterocycles. The van der Waals surface area contributed by atoms with E-state index in [1.54, 1.807) is 0 Å². The Bertz CT molecular complexity index is 152. The van der Waals surface area contributed by atoms with Crippen LogP contribution in [0.3, 0.4) is 0 Å². The molecule has 0 spiro atoms. The normalized spacial score (nSPS) is 33.2. The van der Waals surface area contributed by atoms with E-state index in [1.807, 2.05) is 0 Å². The monoisotopic (exact) mass is 186 g/mol. The number of hydrogen-bond donors (Lipinski definition) is 1. The van der Waals surface area contributed by atoms with Crippen molar-refractivity contribution in [2.75, 3.05) is 19.7 Å². The van der Waals surface area contributed by atoms with Crippen LogP contribution in [-0.4, -0.2) is 42.8 Å². The quantitative estimate of drug-likeness (QED) is 0.709. The summed E-state index contributed by atoms with van der Waals surface area (Å²) in [4.78, 5) is 2.43. The molecule has 1 aliphatic heterocycles. The lowest BCUT2D eigenvalue weighted by molar-refractivity contribution is -0.0567. The van der Waals surface area contributed by atoms with E-state index < -0.39 is 0 Å². The molecule has 0 aliphatic carbocycles. The fraction of sp³-hybridized carbons (Fsp3) is 1.00. The Morgan fingerprint density at radius 2 is 2.23 bits per heavy atom. The zero-order valence-electron chi connectivity index (χ0n) is 8.99. The molecule has 3 nitrogen and oxygen atoms in total. The van der Waals surface area contributed by atoms with Crippen LogP contribution in [0, 0.1) is 0 Å². The number of morpholine rings is 1. The van der Waals surface area contributed by atoms with Gasteiger partial charge in [-0.15, -0.1) is 0 Å². The van der Waals surface area contributed by atoms with Crippen molar-refractivity contribution in [3.63, 3.8) is 0 Å². The molecule has 1 aliphatic rings. The van der Waals surface area contributed by atoms with Crippen LogP contribution in [0.5, 0.6) is 0 Å². The van der Waals surface area contributed by atoms with Gasteiger partial charge in [0.2, 0.25) is 0 Å². The molecule has 0 saturated carbocycles. The van der Waals surface area contributed by atoms with Gasteiger partial charge in [0.25, 0.3) is 0 Å². The maximum absolute atomic E-state index is 5.93. The zero-order valence-corrected chi connectivity index (χ0v) is 8.99. The number of nitrogens with zero attached hydrogens (tertiary/aromatic N) is 1. The fourth-order valence-corrected chi connectivity index (χ4v) is 1.68. The van der Waals surface area contributed by atoms with Crippen molar-refractivity contribution in [2.24, 2.45) is 5.73 Å². The summed E-state index contributed by atoms with van der Waals surface area (Å²) in [6, 6.07) is 0.819. The van der Waals surface area contributed by atoms with Gasteiger partial charge in [-0.2, -0.15) is 0 Å². The highest BCUT2D eigenvalue weighted by atomic mass is 16.5. The van der Waals surface area contributed by atoms with Crippen molar-refractivity contribution in [1.29, 1.82) is 0 Å². The highest BCUT2D eigenvalue weighted by molar-refractivity contribution is 4.80. The molecular formula is C10H22N2O. The zero-order chi connectivity index (χ0) is 9.84. The third kappa shape index (κ3) is 2.93. The second-order valence-corrected chi connectivity index (χ2v) is 3.98. The van der Waals surface area contributed by atoms with Gasteiger partial charge in [0, 0.05) is 25.2 Å². The van der Waals surface area contributed by atoms with E-state index in [2.05, 4.69) is 25.7 Å². The van der Waals surface area contributed by atoms with Gasteiger partial charge in [0.05, 0.1) is 12.7 Å². The molecule has 0 aromatic carbocycles. The highest BCUT2D eigenvalue weighted by Crippen LogP contribution is 2.13. The second-order valence-electron chi connectivity index (χ2n) is 3.98. The third-order valence-electron chi connectivity index (χ3n) is 3.01. The molecule has 3 heteroatoms. The summed E-state index contributed by atoms with van der Waals surface area (Å²) < 4.78 is 5.55. The first kappa shape index (κ1) is 11.0. The van der Waals surface area contributed by atoms with Gasteiger partial charge in [0.15, 0.2) is 0 Å². The molecule has 2 N–H and O–H groups in total. The van der Waals surface area contributed by atoms with Crippen molar-refractivity contribution in [1.82, 2.24) is 4.90 Å². The van der Waals surface area contributed by atoms with Crippen molar-refractivity contribution < 1.29 is 4.74 Å². The number of ether oxygens (including phenoxy) is 1. The average Bonchev–Trinajstić information content (AvgIpc) is 2.13. The van der Waals surface area contributed by atoms with Crippen LogP contribution >= 0.6 is 0 Å². The first-order valence-electron chi connectivity index (χ1n) is 5.26. The molecule has 2 unspecified atom stereocenters. The summed E-state index contributed by atoms with van der Waals surface area (Å²) >= 11 is 0. The Balaban J connectivity index is 2.39. The molecule has 0 aromatic heterocycles. The van der Waals surface area contributed by atoms with Crippen molar-refractivity contribution >= 4 is 0 Å². The summed E-state index contributed by atoms with van der Waals surface area (Å²) in [5.41, 5.74) is 5.93. The molecular weight excluding hydrogens is 164 g/mol. The number of hydrogen-bond acceptors (Lipinski definition) is 3. The molecule has 0 amide bonds. The van der Waals surface area contributed by atoms with E-state index in [0.717, 1.165) is 26.1 Å². The molecule has 1 saturated heterocycles. The lowest BCUT2D eigenvalue weighted by atomic mass is 10.1. The minimum atomic E-state index is 0.313. The SMILES string of the molecule is CC[C@H](N)CN1CCOC(C)C1C. The average molecular weight is 186 g/mol. The van der Waals surface area contributed by atoms with Gasteiger partial charge < -0.3 is 10.5 Å². The lowest BCUT2D eigenvalue weighted by Gasteiger charge is -2.38. The smallest absolute Gasteiger partial charge is 0.0700 e. The molecule has 78 valence electrons. The van der Waals surface area contributed by atoms with E-state index in [4.69, 9.17) is 10.5 Å². The Morgan fingerprint density at radius 1 is 1.54 bits per heavy atom. The summed E-state index contributed by atoms with van der Waals surface area (Å²) in [5.74, 6) is 0. The fourth-order valence-electron chi connectivity index (χ4n) is 1.68.